The number of amides is 1. The van der Waals surface area contributed by atoms with E-state index in [2.05, 4.69) is 34.1 Å². The van der Waals surface area contributed by atoms with E-state index in [9.17, 15) is 4.79 Å². The first-order valence-corrected chi connectivity index (χ1v) is 9.59. The van der Waals surface area contributed by atoms with E-state index in [1.165, 1.54) is 5.56 Å². The standard InChI is InChI=1S/C24H23N3O2/c1-27-21-14-13-18(25-24(28)19-10-6-7-11-22(19)29-2)16-20(21)26-23(27)15-12-17-8-4-3-5-9-17/h3-11,13-14,16H,12,15H2,1-2H3,(H,25,28). The lowest BCUT2D eigenvalue weighted by molar-refractivity contribution is 0.102. The van der Waals surface area contributed by atoms with Crippen LogP contribution in [-0.4, -0.2) is 22.6 Å². The zero-order valence-corrected chi connectivity index (χ0v) is 16.6. The number of nitrogens with one attached hydrogen (secondary N) is 1. The quantitative estimate of drug-likeness (QED) is 0.527. The second kappa shape index (κ2) is 8.19. The number of aromatic nitrogens is 2. The summed E-state index contributed by atoms with van der Waals surface area (Å²) in [5.74, 6) is 1.37. The molecule has 4 aromatic rings. The van der Waals surface area contributed by atoms with Crippen LogP contribution in [0.3, 0.4) is 0 Å². The van der Waals surface area contributed by atoms with E-state index < -0.39 is 0 Å². The van der Waals surface area contributed by atoms with Crippen molar-refractivity contribution in [2.75, 3.05) is 12.4 Å². The third kappa shape index (κ3) is 3.99. The Labute approximate surface area is 170 Å². The smallest absolute Gasteiger partial charge is 0.259 e. The van der Waals surface area contributed by atoms with Crippen LogP contribution in [0.5, 0.6) is 5.75 Å². The number of methoxy groups -OCH3 is 1. The summed E-state index contributed by atoms with van der Waals surface area (Å²) in [6.07, 6.45) is 1.80. The monoisotopic (exact) mass is 385 g/mol. The number of hydrogen-bond acceptors (Lipinski definition) is 3. The number of hydrogen-bond donors (Lipinski definition) is 1. The molecule has 1 heterocycles. The molecule has 1 N–H and O–H groups in total. The number of para-hydroxylation sites is 1. The molecular weight excluding hydrogens is 362 g/mol. The fourth-order valence-corrected chi connectivity index (χ4v) is 3.48. The molecule has 5 heteroatoms. The van der Waals surface area contributed by atoms with Crippen LogP contribution in [0.2, 0.25) is 0 Å². The number of anilines is 1. The molecule has 1 amide bonds. The Hall–Kier alpha value is -3.60. The Morgan fingerprint density at radius 2 is 1.76 bits per heavy atom. The highest BCUT2D eigenvalue weighted by molar-refractivity contribution is 6.06. The highest BCUT2D eigenvalue weighted by Crippen LogP contribution is 2.23. The molecule has 0 saturated heterocycles. The number of fused-ring (bicyclic) bond motifs is 1. The molecule has 0 radical (unpaired) electrons. The first-order valence-electron chi connectivity index (χ1n) is 9.59. The van der Waals surface area contributed by atoms with Crippen LogP contribution in [-0.2, 0) is 19.9 Å². The summed E-state index contributed by atoms with van der Waals surface area (Å²) < 4.78 is 7.40. The minimum absolute atomic E-state index is 0.206. The third-order valence-electron chi connectivity index (χ3n) is 5.06. The first-order chi connectivity index (χ1) is 14.2. The molecule has 0 unspecified atom stereocenters. The lowest BCUT2D eigenvalue weighted by Crippen LogP contribution is -2.13. The predicted molar refractivity (Wildman–Crippen MR) is 116 cm³/mol. The van der Waals surface area contributed by atoms with E-state index in [1.807, 2.05) is 43.4 Å². The van der Waals surface area contributed by atoms with Crippen LogP contribution >= 0.6 is 0 Å². The van der Waals surface area contributed by atoms with Gasteiger partial charge in [0.05, 0.1) is 23.7 Å². The van der Waals surface area contributed by atoms with Gasteiger partial charge in [-0.15, -0.1) is 0 Å². The van der Waals surface area contributed by atoms with Crippen molar-refractivity contribution < 1.29 is 9.53 Å². The Morgan fingerprint density at radius 1 is 1.00 bits per heavy atom. The number of carbonyl (C=O) groups excluding carboxylic acids is 1. The highest BCUT2D eigenvalue weighted by atomic mass is 16.5. The zero-order chi connectivity index (χ0) is 20.2. The van der Waals surface area contributed by atoms with Crippen molar-refractivity contribution in [3.63, 3.8) is 0 Å². The van der Waals surface area contributed by atoms with Gasteiger partial charge in [-0.1, -0.05) is 42.5 Å². The van der Waals surface area contributed by atoms with Gasteiger partial charge in [0.15, 0.2) is 0 Å². The van der Waals surface area contributed by atoms with E-state index in [4.69, 9.17) is 9.72 Å². The first kappa shape index (κ1) is 18.7. The fraction of sp³-hybridized carbons (Fsp3) is 0.167. The SMILES string of the molecule is COc1ccccc1C(=O)Nc1ccc2c(c1)nc(CCc1ccccc1)n2C. The second-order valence-electron chi connectivity index (χ2n) is 6.93. The molecule has 0 aliphatic carbocycles. The average molecular weight is 385 g/mol. The van der Waals surface area contributed by atoms with Crippen molar-refractivity contribution in [3.8, 4) is 5.75 Å². The summed E-state index contributed by atoms with van der Waals surface area (Å²) in [5, 5.41) is 2.94. The minimum Gasteiger partial charge on any atom is -0.496 e. The molecule has 0 spiro atoms. The number of nitrogens with zero attached hydrogens (tertiary/aromatic N) is 2. The molecule has 0 bridgehead atoms. The van der Waals surface area contributed by atoms with Gasteiger partial charge in [0.25, 0.3) is 5.91 Å². The summed E-state index contributed by atoms with van der Waals surface area (Å²) >= 11 is 0. The Morgan fingerprint density at radius 3 is 2.55 bits per heavy atom. The van der Waals surface area contributed by atoms with E-state index in [1.54, 1.807) is 19.2 Å². The van der Waals surface area contributed by atoms with Gasteiger partial charge in [-0.25, -0.2) is 4.98 Å². The van der Waals surface area contributed by atoms with Crippen LogP contribution in [0.1, 0.15) is 21.7 Å². The molecule has 0 aliphatic heterocycles. The average Bonchev–Trinajstić information content (AvgIpc) is 3.07. The van der Waals surface area contributed by atoms with Gasteiger partial charge in [-0.2, -0.15) is 0 Å². The maximum Gasteiger partial charge on any atom is 0.259 e. The van der Waals surface area contributed by atoms with Crippen molar-refractivity contribution in [3.05, 3.63) is 89.7 Å². The van der Waals surface area contributed by atoms with Crippen LogP contribution in [0.15, 0.2) is 72.8 Å². The van der Waals surface area contributed by atoms with Gasteiger partial charge in [-0.05, 0) is 42.3 Å². The normalized spacial score (nSPS) is 10.8. The van der Waals surface area contributed by atoms with Gasteiger partial charge >= 0.3 is 0 Å². The lowest BCUT2D eigenvalue weighted by Gasteiger charge is -2.09. The van der Waals surface area contributed by atoms with Gasteiger partial charge in [0.1, 0.15) is 11.6 Å². The van der Waals surface area contributed by atoms with Crippen molar-refractivity contribution in [2.24, 2.45) is 7.05 Å². The van der Waals surface area contributed by atoms with Gasteiger partial charge in [0.2, 0.25) is 0 Å². The van der Waals surface area contributed by atoms with Crippen LogP contribution in [0.4, 0.5) is 5.69 Å². The minimum atomic E-state index is -0.206. The second-order valence-corrected chi connectivity index (χ2v) is 6.93. The van der Waals surface area contributed by atoms with E-state index in [0.717, 1.165) is 29.7 Å². The summed E-state index contributed by atoms with van der Waals surface area (Å²) in [5.41, 5.74) is 4.42. The fourth-order valence-electron chi connectivity index (χ4n) is 3.48. The number of aryl methyl sites for hydroxylation is 3. The van der Waals surface area contributed by atoms with Crippen molar-refractivity contribution in [2.45, 2.75) is 12.8 Å². The van der Waals surface area contributed by atoms with E-state index >= 15 is 0 Å². The number of rotatable bonds is 6. The van der Waals surface area contributed by atoms with Gasteiger partial charge in [-0.3, -0.25) is 4.79 Å². The molecule has 3 aromatic carbocycles. The van der Waals surface area contributed by atoms with Crippen LogP contribution < -0.4 is 10.1 Å². The molecule has 4 rings (SSSR count). The summed E-state index contributed by atoms with van der Waals surface area (Å²) in [6.45, 7) is 0. The highest BCUT2D eigenvalue weighted by Gasteiger charge is 2.13. The molecule has 0 fully saturated rings. The molecule has 5 nitrogen and oxygen atoms in total. The van der Waals surface area contributed by atoms with Gasteiger partial charge < -0.3 is 14.6 Å². The molecule has 29 heavy (non-hydrogen) atoms. The van der Waals surface area contributed by atoms with Crippen LogP contribution in [0, 0.1) is 0 Å². The van der Waals surface area contributed by atoms with E-state index in [-0.39, 0.29) is 5.91 Å². The molecular formula is C24H23N3O2. The largest absolute Gasteiger partial charge is 0.496 e. The van der Waals surface area contributed by atoms with Crippen molar-refractivity contribution >= 4 is 22.6 Å². The van der Waals surface area contributed by atoms with Crippen molar-refractivity contribution in [1.82, 2.24) is 9.55 Å². The molecule has 146 valence electrons. The molecule has 0 aliphatic rings. The summed E-state index contributed by atoms with van der Waals surface area (Å²) in [4.78, 5) is 17.4. The number of carbonyl (C=O) groups is 1. The van der Waals surface area contributed by atoms with Gasteiger partial charge in [0, 0.05) is 19.2 Å². The maximum atomic E-state index is 12.6. The third-order valence-corrected chi connectivity index (χ3v) is 5.06. The molecule has 1 aromatic heterocycles. The Bertz CT molecular complexity index is 1150. The zero-order valence-electron chi connectivity index (χ0n) is 16.6. The van der Waals surface area contributed by atoms with E-state index in [0.29, 0.717) is 17.0 Å². The molecule has 0 atom stereocenters. The summed E-state index contributed by atoms with van der Waals surface area (Å²) in [7, 11) is 3.59. The number of benzene rings is 3. The predicted octanol–water partition coefficient (Wildman–Crippen LogP) is 4.62. The Kier molecular flexibility index (Phi) is 5.29. The topological polar surface area (TPSA) is 56.1 Å². The summed E-state index contributed by atoms with van der Waals surface area (Å²) in [6, 6.07) is 23.4. The number of ether oxygens (including phenoxy) is 1. The van der Waals surface area contributed by atoms with Crippen molar-refractivity contribution in [1.29, 1.82) is 0 Å². The lowest BCUT2D eigenvalue weighted by atomic mass is 10.1. The number of imidazole rings is 1. The Balaban J connectivity index is 1.54. The molecule has 0 saturated carbocycles. The van der Waals surface area contributed by atoms with Crippen LogP contribution in [0.25, 0.3) is 11.0 Å². The maximum absolute atomic E-state index is 12.6.